The van der Waals surface area contributed by atoms with Gasteiger partial charge in [0.1, 0.15) is 11.6 Å². The van der Waals surface area contributed by atoms with Crippen LogP contribution in [0.2, 0.25) is 5.02 Å². The van der Waals surface area contributed by atoms with E-state index in [1.165, 1.54) is 18.2 Å². The lowest BCUT2D eigenvalue weighted by Gasteiger charge is -2.28. The normalized spacial score (nSPS) is 20.9. The molecule has 1 aromatic carbocycles. The van der Waals surface area contributed by atoms with Gasteiger partial charge in [0.15, 0.2) is 5.82 Å². The highest BCUT2D eigenvalue weighted by atomic mass is 35.5. The van der Waals surface area contributed by atoms with Gasteiger partial charge >= 0.3 is 0 Å². The molecule has 2 aromatic rings. The van der Waals surface area contributed by atoms with Gasteiger partial charge in [-0.1, -0.05) is 11.6 Å². The summed E-state index contributed by atoms with van der Waals surface area (Å²) < 4.78 is 20.0. The van der Waals surface area contributed by atoms with E-state index >= 15 is 0 Å². The van der Waals surface area contributed by atoms with Gasteiger partial charge in [-0.15, -0.1) is 0 Å². The quantitative estimate of drug-likeness (QED) is 0.690. The predicted octanol–water partition coefficient (Wildman–Crippen LogP) is 3.48. The molecule has 33 heavy (non-hydrogen) atoms. The molecule has 2 aliphatic rings. The number of carbonyl (C=O) groups is 1. The lowest BCUT2D eigenvalue weighted by Crippen LogP contribution is -2.37. The molecule has 3 heterocycles. The molecule has 1 aromatic heterocycles. The minimum atomic E-state index is -0.444. The fourth-order valence-corrected chi connectivity index (χ4v) is 4.49. The van der Waals surface area contributed by atoms with Crippen LogP contribution >= 0.6 is 11.6 Å². The van der Waals surface area contributed by atoms with Gasteiger partial charge in [0.2, 0.25) is 0 Å². The predicted molar refractivity (Wildman–Crippen MR) is 126 cm³/mol. The minimum absolute atomic E-state index is 0.237. The number of halogens is 2. The molecule has 4 rings (SSSR count). The minimum Gasteiger partial charge on any atom is -0.492 e. The van der Waals surface area contributed by atoms with E-state index in [2.05, 4.69) is 22.2 Å². The Hall–Kier alpha value is -2.71. The Labute approximate surface area is 198 Å². The van der Waals surface area contributed by atoms with Crippen molar-refractivity contribution in [3.05, 3.63) is 57.5 Å². The Bertz CT molecular complexity index is 1080. The molecule has 0 bridgehead atoms. The SMILES string of the molecule is Cc1nc(C2=C(N)CN(C(=O)c3ccc(F)cc3OCC3CCN[C@@H](C)C3)C2)nc(C)c1Cl. The molecule has 2 aliphatic heterocycles. The largest absolute Gasteiger partial charge is 0.492 e. The van der Waals surface area contributed by atoms with E-state index in [4.69, 9.17) is 22.1 Å². The van der Waals surface area contributed by atoms with Crippen LogP contribution in [0.3, 0.4) is 0 Å². The number of amides is 1. The Morgan fingerprint density at radius 3 is 2.73 bits per heavy atom. The van der Waals surface area contributed by atoms with Crippen molar-refractivity contribution in [2.24, 2.45) is 11.7 Å². The van der Waals surface area contributed by atoms with Gasteiger partial charge in [-0.2, -0.15) is 0 Å². The maximum atomic E-state index is 14.0. The standard InChI is InChI=1S/C24H29ClFN5O2/c1-13-8-16(6-7-28-13)12-33-21-9-17(26)4-5-18(21)24(32)31-10-19(20(27)11-31)23-29-14(2)22(25)15(3)30-23/h4-5,9,13,16,28H,6-8,10-12,27H2,1-3H3/t13-,16?/m0/s1. The number of aromatic nitrogens is 2. The third-order valence-corrected chi connectivity index (χ3v) is 6.77. The van der Waals surface area contributed by atoms with Gasteiger partial charge in [-0.05, 0) is 58.2 Å². The van der Waals surface area contributed by atoms with Crippen molar-refractivity contribution in [3.8, 4) is 5.75 Å². The second kappa shape index (κ2) is 9.65. The summed E-state index contributed by atoms with van der Waals surface area (Å²) in [5.74, 6) is 0.367. The van der Waals surface area contributed by atoms with Crippen LogP contribution in [0.4, 0.5) is 4.39 Å². The summed E-state index contributed by atoms with van der Waals surface area (Å²) in [6.07, 6.45) is 1.97. The van der Waals surface area contributed by atoms with E-state index in [0.717, 1.165) is 19.4 Å². The molecule has 0 radical (unpaired) electrons. The Morgan fingerprint density at radius 2 is 2.03 bits per heavy atom. The number of nitrogens with zero attached hydrogens (tertiary/aromatic N) is 3. The number of nitrogens with one attached hydrogen (secondary N) is 1. The monoisotopic (exact) mass is 473 g/mol. The summed E-state index contributed by atoms with van der Waals surface area (Å²) in [4.78, 5) is 23.9. The second-order valence-electron chi connectivity index (χ2n) is 8.89. The molecule has 3 N–H and O–H groups in total. The number of ether oxygens (including phenoxy) is 1. The zero-order valence-electron chi connectivity index (χ0n) is 19.1. The van der Waals surface area contributed by atoms with E-state index in [-0.39, 0.29) is 24.7 Å². The van der Waals surface area contributed by atoms with Crippen molar-refractivity contribution in [2.45, 2.75) is 39.7 Å². The van der Waals surface area contributed by atoms with Crippen molar-refractivity contribution in [2.75, 3.05) is 26.2 Å². The fraction of sp³-hybridized carbons (Fsp3) is 0.458. The molecular formula is C24H29ClFN5O2. The lowest BCUT2D eigenvalue weighted by atomic mass is 9.94. The van der Waals surface area contributed by atoms with Gasteiger partial charge in [-0.25, -0.2) is 14.4 Å². The molecule has 0 spiro atoms. The highest BCUT2D eigenvalue weighted by molar-refractivity contribution is 6.31. The van der Waals surface area contributed by atoms with Crippen LogP contribution in [0.15, 0.2) is 23.9 Å². The molecule has 1 saturated heterocycles. The summed E-state index contributed by atoms with van der Waals surface area (Å²) in [7, 11) is 0. The summed E-state index contributed by atoms with van der Waals surface area (Å²) in [6, 6.07) is 4.44. The topological polar surface area (TPSA) is 93.4 Å². The molecular weight excluding hydrogens is 445 g/mol. The van der Waals surface area contributed by atoms with E-state index in [9.17, 15) is 9.18 Å². The van der Waals surface area contributed by atoms with Crippen molar-refractivity contribution in [1.82, 2.24) is 20.2 Å². The molecule has 1 unspecified atom stereocenters. The Morgan fingerprint density at radius 1 is 1.30 bits per heavy atom. The van der Waals surface area contributed by atoms with E-state index < -0.39 is 5.82 Å². The summed E-state index contributed by atoms with van der Waals surface area (Å²) >= 11 is 6.19. The van der Waals surface area contributed by atoms with Crippen molar-refractivity contribution >= 4 is 23.1 Å². The van der Waals surface area contributed by atoms with E-state index in [0.29, 0.717) is 57.6 Å². The van der Waals surface area contributed by atoms with Crippen LogP contribution < -0.4 is 15.8 Å². The maximum absolute atomic E-state index is 14.0. The molecule has 9 heteroatoms. The van der Waals surface area contributed by atoms with Crippen molar-refractivity contribution in [1.29, 1.82) is 0 Å². The summed E-state index contributed by atoms with van der Waals surface area (Å²) in [5.41, 5.74) is 9.11. The Balaban J connectivity index is 1.51. The van der Waals surface area contributed by atoms with Crippen LogP contribution in [-0.2, 0) is 0 Å². The first-order valence-electron chi connectivity index (χ1n) is 11.2. The molecule has 2 atom stereocenters. The number of hydrogen-bond acceptors (Lipinski definition) is 6. The number of hydrogen-bond donors (Lipinski definition) is 2. The number of benzene rings is 1. The van der Waals surface area contributed by atoms with Gasteiger partial charge in [0, 0.05) is 23.4 Å². The highest BCUT2D eigenvalue weighted by Gasteiger charge is 2.30. The Kier molecular flexibility index (Phi) is 6.86. The van der Waals surface area contributed by atoms with Gasteiger partial charge in [0.05, 0.1) is 41.7 Å². The highest BCUT2D eigenvalue weighted by Crippen LogP contribution is 2.29. The van der Waals surface area contributed by atoms with Gasteiger partial charge in [-0.3, -0.25) is 4.79 Å². The smallest absolute Gasteiger partial charge is 0.258 e. The first-order valence-corrected chi connectivity index (χ1v) is 11.5. The van der Waals surface area contributed by atoms with Crippen LogP contribution in [0, 0.1) is 25.6 Å². The number of carbonyl (C=O) groups excluding carboxylic acids is 1. The first kappa shape index (κ1) is 23.4. The lowest BCUT2D eigenvalue weighted by molar-refractivity contribution is 0.0792. The summed E-state index contributed by atoms with van der Waals surface area (Å²) in [5, 5.41) is 3.92. The number of piperidine rings is 1. The number of aryl methyl sites for hydroxylation is 2. The van der Waals surface area contributed by atoms with E-state index in [1.54, 1.807) is 18.7 Å². The van der Waals surface area contributed by atoms with E-state index in [1.807, 2.05) is 0 Å². The van der Waals surface area contributed by atoms with Crippen LogP contribution in [0.5, 0.6) is 5.75 Å². The number of rotatable bonds is 5. The van der Waals surface area contributed by atoms with Crippen LogP contribution in [0.25, 0.3) is 5.57 Å². The van der Waals surface area contributed by atoms with Gasteiger partial charge < -0.3 is 20.7 Å². The third-order valence-electron chi connectivity index (χ3n) is 6.22. The molecule has 1 fully saturated rings. The maximum Gasteiger partial charge on any atom is 0.258 e. The average molecular weight is 474 g/mol. The number of nitrogens with two attached hydrogens (primary N) is 1. The van der Waals surface area contributed by atoms with Crippen molar-refractivity contribution < 1.29 is 13.9 Å². The summed E-state index contributed by atoms with van der Waals surface area (Å²) in [6.45, 7) is 7.62. The third kappa shape index (κ3) is 5.12. The fourth-order valence-electron chi connectivity index (χ4n) is 4.40. The first-order chi connectivity index (χ1) is 15.7. The second-order valence-corrected chi connectivity index (χ2v) is 9.27. The average Bonchev–Trinajstić information content (AvgIpc) is 3.17. The van der Waals surface area contributed by atoms with Crippen LogP contribution in [0.1, 0.15) is 47.3 Å². The zero-order valence-corrected chi connectivity index (χ0v) is 19.9. The molecule has 0 aliphatic carbocycles. The molecule has 0 saturated carbocycles. The van der Waals surface area contributed by atoms with Crippen molar-refractivity contribution in [3.63, 3.8) is 0 Å². The van der Waals surface area contributed by atoms with Gasteiger partial charge in [0.25, 0.3) is 5.91 Å². The molecule has 1 amide bonds. The zero-order chi connectivity index (χ0) is 23.7. The van der Waals surface area contributed by atoms with Crippen LogP contribution in [-0.4, -0.2) is 53.1 Å². The molecule has 176 valence electrons. The molecule has 7 nitrogen and oxygen atoms in total.